The molecule has 106 valence electrons. The summed E-state index contributed by atoms with van der Waals surface area (Å²) in [6, 6.07) is -0.0765. The third-order valence-electron chi connectivity index (χ3n) is 3.14. The van der Waals surface area contributed by atoms with Gasteiger partial charge >= 0.3 is 5.97 Å². The second-order valence-electron chi connectivity index (χ2n) is 4.83. The van der Waals surface area contributed by atoms with Gasteiger partial charge in [-0.25, -0.2) is 13.1 Å². The first-order chi connectivity index (χ1) is 8.88. The average molecular weight is 287 g/mol. The van der Waals surface area contributed by atoms with Gasteiger partial charge in [0.2, 0.25) is 10.0 Å². The molecule has 0 spiro atoms. The van der Waals surface area contributed by atoms with E-state index in [-0.39, 0.29) is 23.9 Å². The summed E-state index contributed by atoms with van der Waals surface area (Å²) in [4.78, 5) is 10.5. The highest BCUT2D eigenvalue weighted by molar-refractivity contribution is 7.89. The van der Waals surface area contributed by atoms with E-state index < -0.39 is 16.0 Å². The molecular weight excluding hydrogens is 270 g/mol. The minimum Gasteiger partial charge on any atom is -0.481 e. The largest absolute Gasteiger partial charge is 0.481 e. The second-order valence-corrected chi connectivity index (χ2v) is 6.54. The number of nitrogens with one attached hydrogen (secondary N) is 1. The number of carboxylic acids is 1. The van der Waals surface area contributed by atoms with Crippen LogP contribution in [0.4, 0.5) is 0 Å². The smallest absolute Gasteiger partial charge is 0.305 e. The van der Waals surface area contributed by atoms with E-state index in [4.69, 9.17) is 5.11 Å². The molecule has 1 heterocycles. The van der Waals surface area contributed by atoms with Gasteiger partial charge in [0.1, 0.15) is 4.90 Å². The minimum atomic E-state index is -3.56. The monoisotopic (exact) mass is 287 g/mol. The van der Waals surface area contributed by atoms with Crippen LogP contribution in [0.25, 0.3) is 0 Å². The molecule has 1 aliphatic rings. The lowest BCUT2D eigenvalue weighted by atomic mass is 10.2. The van der Waals surface area contributed by atoms with Gasteiger partial charge in [-0.1, -0.05) is 0 Å². The van der Waals surface area contributed by atoms with Gasteiger partial charge in [-0.05, 0) is 25.7 Å². The molecule has 1 unspecified atom stereocenters. The Hall–Kier alpha value is -1.41. The molecule has 1 fully saturated rings. The topological polar surface area (TPSA) is 101 Å². The van der Waals surface area contributed by atoms with Gasteiger partial charge in [-0.3, -0.25) is 9.48 Å². The number of sulfonamides is 1. The van der Waals surface area contributed by atoms with Crippen molar-refractivity contribution in [3.63, 3.8) is 0 Å². The second kappa shape index (κ2) is 5.30. The average Bonchev–Trinajstić information content (AvgIpc) is 3.04. The molecule has 7 nitrogen and oxygen atoms in total. The normalized spacial score (nSPS) is 17.3. The Bertz CT molecular complexity index is 562. The first kappa shape index (κ1) is 14.0. The fourth-order valence-electron chi connectivity index (χ4n) is 1.82. The predicted molar refractivity (Wildman–Crippen MR) is 67.0 cm³/mol. The number of carbonyl (C=O) groups is 1. The van der Waals surface area contributed by atoms with Crippen molar-refractivity contribution in [1.82, 2.24) is 14.5 Å². The lowest BCUT2D eigenvalue weighted by Gasteiger charge is -2.11. The molecule has 1 aliphatic carbocycles. The van der Waals surface area contributed by atoms with Crippen LogP contribution in [-0.4, -0.2) is 35.3 Å². The Kier molecular flexibility index (Phi) is 3.91. The van der Waals surface area contributed by atoms with E-state index in [9.17, 15) is 13.2 Å². The van der Waals surface area contributed by atoms with Crippen molar-refractivity contribution >= 4 is 16.0 Å². The zero-order valence-corrected chi connectivity index (χ0v) is 11.4. The third kappa shape index (κ3) is 3.77. The summed E-state index contributed by atoms with van der Waals surface area (Å²) in [6.45, 7) is 2.01. The van der Waals surface area contributed by atoms with Crippen molar-refractivity contribution in [1.29, 1.82) is 0 Å². The van der Waals surface area contributed by atoms with Gasteiger partial charge in [-0.15, -0.1) is 0 Å². The van der Waals surface area contributed by atoms with Gasteiger partial charge < -0.3 is 5.11 Å². The molecule has 0 aromatic carbocycles. The van der Waals surface area contributed by atoms with Gasteiger partial charge in [0.05, 0.1) is 19.2 Å². The van der Waals surface area contributed by atoms with E-state index in [2.05, 4.69) is 9.82 Å². The third-order valence-corrected chi connectivity index (χ3v) is 4.66. The molecule has 1 saturated carbocycles. The zero-order chi connectivity index (χ0) is 14.0. The van der Waals surface area contributed by atoms with Crippen molar-refractivity contribution in [3.8, 4) is 0 Å². The molecule has 1 aromatic rings. The highest BCUT2D eigenvalue weighted by Gasteiger charge is 2.31. The summed E-state index contributed by atoms with van der Waals surface area (Å²) in [6.07, 6.45) is 4.62. The molecule has 1 atom stereocenters. The standard InChI is InChI=1S/C11H17N3O4S/c1-8(9-2-3-9)13-19(17,18)10-6-12-14(7-10)5-4-11(15)16/h6-9,13H,2-5H2,1H3,(H,15,16). The Labute approximate surface area is 111 Å². The van der Waals surface area contributed by atoms with E-state index in [1.54, 1.807) is 0 Å². The van der Waals surface area contributed by atoms with Gasteiger partial charge in [0, 0.05) is 12.2 Å². The lowest BCUT2D eigenvalue weighted by Crippen LogP contribution is -2.33. The van der Waals surface area contributed by atoms with E-state index in [0.29, 0.717) is 5.92 Å². The number of nitrogens with zero attached hydrogens (tertiary/aromatic N) is 2. The summed E-state index contributed by atoms with van der Waals surface area (Å²) in [5.74, 6) is -0.516. The van der Waals surface area contributed by atoms with E-state index >= 15 is 0 Å². The molecule has 19 heavy (non-hydrogen) atoms. The van der Waals surface area contributed by atoms with Gasteiger partial charge in [0.25, 0.3) is 0 Å². The van der Waals surface area contributed by atoms with Crippen molar-refractivity contribution < 1.29 is 18.3 Å². The maximum atomic E-state index is 12.0. The van der Waals surface area contributed by atoms with E-state index in [1.165, 1.54) is 17.1 Å². The Balaban J connectivity index is 2.01. The number of hydrogen-bond acceptors (Lipinski definition) is 4. The number of aryl methyl sites for hydroxylation is 1. The summed E-state index contributed by atoms with van der Waals surface area (Å²) >= 11 is 0. The van der Waals surface area contributed by atoms with Crippen molar-refractivity contribution in [3.05, 3.63) is 12.4 Å². The van der Waals surface area contributed by atoms with Crippen LogP contribution in [0.15, 0.2) is 17.3 Å². The molecule has 2 rings (SSSR count). The van der Waals surface area contributed by atoms with Crippen LogP contribution in [0, 0.1) is 5.92 Å². The van der Waals surface area contributed by atoms with Gasteiger partial charge in [0.15, 0.2) is 0 Å². The summed E-state index contributed by atoms with van der Waals surface area (Å²) in [7, 11) is -3.56. The molecule has 0 aliphatic heterocycles. The highest BCUT2D eigenvalue weighted by Crippen LogP contribution is 2.32. The molecule has 2 N–H and O–H groups in total. The first-order valence-electron chi connectivity index (χ1n) is 6.15. The van der Waals surface area contributed by atoms with E-state index in [1.807, 2.05) is 6.92 Å². The van der Waals surface area contributed by atoms with Crippen LogP contribution in [0.5, 0.6) is 0 Å². The predicted octanol–water partition coefficient (Wildman–Crippen LogP) is 0.435. The SMILES string of the molecule is CC(NS(=O)(=O)c1cnn(CCC(=O)O)c1)C1CC1. The van der Waals surface area contributed by atoms with Crippen molar-refractivity contribution in [2.75, 3.05) is 0 Å². The first-order valence-corrected chi connectivity index (χ1v) is 7.63. The Morgan fingerprint density at radius 2 is 2.32 bits per heavy atom. The minimum absolute atomic E-state index is 0.0744. The summed E-state index contributed by atoms with van der Waals surface area (Å²) < 4.78 is 28.0. The van der Waals surface area contributed by atoms with Crippen LogP contribution in [0.2, 0.25) is 0 Å². The molecule has 8 heteroatoms. The highest BCUT2D eigenvalue weighted by atomic mass is 32.2. The van der Waals surface area contributed by atoms with Crippen LogP contribution >= 0.6 is 0 Å². The number of aromatic nitrogens is 2. The molecular formula is C11H17N3O4S. The lowest BCUT2D eigenvalue weighted by molar-refractivity contribution is -0.137. The zero-order valence-electron chi connectivity index (χ0n) is 10.6. The number of aliphatic carboxylic acids is 1. The van der Waals surface area contributed by atoms with Crippen LogP contribution in [0.1, 0.15) is 26.2 Å². The Morgan fingerprint density at radius 3 is 2.89 bits per heavy atom. The van der Waals surface area contributed by atoms with Crippen LogP contribution in [0.3, 0.4) is 0 Å². The summed E-state index contributed by atoms with van der Waals surface area (Å²) in [5, 5.41) is 12.4. The molecule has 0 saturated heterocycles. The van der Waals surface area contributed by atoms with Crippen molar-refractivity contribution in [2.45, 2.75) is 43.7 Å². The Morgan fingerprint density at radius 1 is 1.63 bits per heavy atom. The number of hydrogen-bond donors (Lipinski definition) is 2. The maximum Gasteiger partial charge on any atom is 0.305 e. The number of carboxylic acid groups (broad SMARTS) is 1. The molecule has 0 bridgehead atoms. The quantitative estimate of drug-likeness (QED) is 0.757. The van der Waals surface area contributed by atoms with Crippen LogP contribution < -0.4 is 4.72 Å². The fourth-order valence-corrected chi connectivity index (χ4v) is 3.09. The fraction of sp³-hybridized carbons (Fsp3) is 0.636. The molecule has 0 amide bonds. The van der Waals surface area contributed by atoms with Crippen LogP contribution in [-0.2, 0) is 21.4 Å². The van der Waals surface area contributed by atoms with E-state index in [0.717, 1.165) is 12.8 Å². The van der Waals surface area contributed by atoms with Crippen molar-refractivity contribution in [2.24, 2.45) is 5.92 Å². The molecule has 1 aromatic heterocycles. The molecule has 0 radical (unpaired) electrons. The number of rotatable bonds is 7. The maximum absolute atomic E-state index is 12.0. The van der Waals surface area contributed by atoms with Gasteiger partial charge in [-0.2, -0.15) is 5.10 Å². The summed E-state index contributed by atoms with van der Waals surface area (Å²) in [5.41, 5.74) is 0.